The molecule has 0 spiro atoms. The van der Waals surface area contributed by atoms with Crippen LogP contribution in [0.1, 0.15) is 107 Å². The van der Waals surface area contributed by atoms with Gasteiger partial charge >= 0.3 is 11.9 Å². The van der Waals surface area contributed by atoms with Crippen molar-refractivity contribution in [2.75, 3.05) is 14.2 Å². The quantitative estimate of drug-likeness (QED) is 0.0512. The molecule has 1 N–H and O–H groups in total. The fourth-order valence-electron chi connectivity index (χ4n) is 4.05. The Morgan fingerprint density at radius 3 is 2.08 bits per heavy atom. The molecule has 0 bridgehead atoms. The molecule has 7 heteroatoms. The summed E-state index contributed by atoms with van der Waals surface area (Å²) in [6.07, 6.45) is 20.5. The van der Waals surface area contributed by atoms with Gasteiger partial charge in [-0.25, -0.2) is 0 Å². The molecular formula is C32H48O6S. The average Bonchev–Trinajstić information content (AvgIpc) is 2.95. The predicted octanol–water partition coefficient (Wildman–Crippen LogP) is 7.63. The van der Waals surface area contributed by atoms with Crippen molar-refractivity contribution in [3.63, 3.8) is 0 Å². The van der Waals surface area contributed by atoms with E-state index in [0.717, 1.165) is 11.3 Å². The second kappa shape index (κ2) is 22.4. The SMILES string of the molecule is CCCCCCCCCC/C=C\C=C\[C@@H](Sc1ccc(C(=O)CCC(=O)OC)cc1)[C@@H](O)CCCC(=O)OC. The molecule has 39 heavy (non-hydrogen) atoms. The molecule has 0 radical (unpaired) electrons. The van der Waals surface area contributed by atoms with E-state index in [1.807, 2.05) is 30.4 Å². The molecule has 6 nitrogen and oxygen atoms in total. The van der Waals surface area contributed by atoms with E-state index in [-0.39, 0.29) is 36.3 Å². The van der Waals surface area contributed by atoms with Gasteiger partial charge in [0.2, 0.25) is 0 Å². The number of aliphatic hydroxyl groups is 1. The van der Waals surface area contributed by atoms with Crippen LogP contribution in [0.5, 0.6) is 0 Å². The molecule has 0 saturated carbocycles. The van der Waals surface area contributed by atoms with E-state index in [1.54, 1.807) is 12.1 Å². The van der Waals surface area contributed by atoms with Gasteiger partial charge in [0, 0.05) is 23.3 Å². The van der Waals surface area contributed by atoms with E-state index in [1.165, 1.54) is 77.3 Å². The van der Waals surface area contributed by atoms with E-state index < -0.39 is 12.1 Å². The number of aliphatic hydroxyl groups excluding tert-OH is 1. The number of benzene rings is 1. The molecule has 0 saturated heterocycles. The largest absolute Gasteiger partial charge is 0.469 e. The third-order valence-electron chi connectivity index (χ3n) is 6.49. The van der Waals surface area contributed by atoms with Crippen LogP contribution in [0, 0.1) is 0 Å². The molecule has 1 rings (SSSR count). The lowest BCUT2D eigenvalue weighted by atomic mass is 10.1. The van der Waals surface area contributed by atoms with Crippen LogP contribution in [0.3, 0.4) is 0 Å². The van der Waals surface area contributed by atoms with E-state index >= 15 is 0 Å². The van der Waals surface area contributed by atoms with Crippen LogP contribution in [0.2, 0.25) is 0 Å². The van der Waals surface area contributed by atoms with Gasteiger partial charge in [-0.3, -0.25) is 14.4 Å². The molecule has 0 aliphatic carbocycles. The summed E-state index contributed by atoms with van der Waals surface area (Å²) in [7, 11) is 2.67. The fraction of sp³-hybridized carbons (Fsp3) is 0.594. The van der Waals surface area contributed by atoms with Gasteiger partial charge in [0.15, 0.2) is 5.78 Å². The minimum Gasteiger partial charge on any atom is -0.469 e. The molecule has 0 aromatic heterocycles. The fourth-order valence-corrected chi connectivity index (χ4v) is 5.12. The number of unbranched alkanes of at least 4 members (excludes halogenated alkanes) is 8. The number of esters is 2. The number of allylic oxidation sites excluding steroid dienone is 3. The Kier molecular flexibility index (Phi) is 19.9. The Hall–Kier alpha value is -2.38. The van der Waals surface area contributed by atoms with Crippen LogP contribution >= 0.6 is 11.8 Å². The molecule has 0 aliphatic heterocycles. The van der Waals surface area contributed by atoms with Crippen LogP contribution in [0.15, 0.2) is 53.5 Å². The number of ketones is 1. The number of carbonyl (C=O) groups excluding carboxylic acids is 3. The van der Waals surface area contributed by atoms with E-state index in [9.17, 15) is 19.5 Å². The summed E-state index contributed by atoms with van der Waals surface area (Å²) in [5.41, 5.74) is 0.540. The molecule has 0 heterocycles. The highest BCUT2D eigenvalue weighted by molar-refractivity contribution is 8.00. The highest BCUT2D eigenvalue weighted by atomic mass is 32.2. The van der Waals surface area contributed by atoms with Crippen LogP contribution < -0.4 is 0 Å². The summed E-state index contributed by atoms with van der Waals surface area (Å²) in [6.45, 7) is 2.24. The number of ether oxygens (including phenoxy) is 2. The minimum absolute atomic E-state index is 0.0586. The van der Waals surface area contributed by atoms with Crippen molar-refractivity contribution >= 4 is 29.5 Å². The maximum absolute atomic E-state index is 12.3. The van der Waals surface area contributed by atoms with Gasteiger partial charge < -0.3 is 14.6 Å². The normalized spacial score (nSPS) is 13.0. The van der Waals surface area contributed by atoms with Gasteiger partial charge in [0.1, 0.15) is 0 Å². The highest BCUT2D eigenvalue weighted by Gasteiger charge is 2.19. The summed E-state index contributed by atoms with van der Waals surface area (Å²) in [5.74, 6) is -0.797. The number of thioether (sulfide) groups is 1. The minimum atomic E-state index is -0.640. The second-order valence-electron chi connectivity index (χ2n) is 9.72. The maximum atomic E-state index is 12.3. The first kappa shape index (κ1) is 34.6. The summed E-state index contributed by atoms with van der Waals surface area (Å²) in [6, 6.07) is 7.21. The Bertz CT molecular complexity index is 877. The third-order valence-corrected chi connectivity index (χ3v) is 7.78. The maximum Gasteiger partial charge on any atom is 0.305 e. The number of rotatable bonds is 22. The molecule has 2 atom stereocenters. The zero-order chi connectivity index (χ0) is 28.7. The van der Waals surface area contributed by atoms with E-state index in [2.05, 4.69) is 17.7 Å². The second-order valence-corrected chi connectivity index (χ2v) is 11.0. The van der Waals surface area contributed by atoms with Gasteiger partial charge in [-0.2, -0.15) is 0 Å². The first-order valence-electron chi connectivity index (χ1n) is 14.4. The van der Waals surface area contributed by atoms with Crippen molar-refractivity contribution in [3.05, 3.63) is 54.1 Å². The Morgan fingerprint density at radius 1 is 0.821 bits per heavy atom. The monoisotopic (exact) mass is 560 g/mol. The molecule has 1 aromatic rings. The lowest BCUT2D eigenvalue weighted by molar-refractivity contribution is -0.141. The summed E-state index contributed by atoms with van der Waals surface area (Å²) < 4.78 is 9.30. The predicted molar refractivity (Wildman–Crippen MR) is 159 cm³/mol. The third kappa shape index (κ3) is 17.0. The van der Waals surface area contributed by atoms with Crippen molar-refractivity contribution < 1.29 is 29.0 Å². The van der Waals surface area contributed by atoms with Crippen LogP contribution in [-0.2, 0) is 19.1 Å². The number of Topliss-reactive ketones (excluding diaryl/α,β-unsaturated/α-hetero) is 1. The lowest BCUT2D eigenvalue weighted by Crippen LogP contribution is -2.21. The smallest absolute Gasteiger partial charge is 0.305 e. The zero-order valence-electron chi connectivity index (χ0n) is 24.1. The van der Waals surface area contributed by atoms with E-state index in [0.29, 0.717) is 18.4 Å². The standard InChI is InChI=1S/C32H48O6S/c1-4-5-6-7-8-9-10-11-12-13-14-15-18-30(29(34)17-16-19-31(35)37-2)39-27-22-20-26(21-23-27)28(33)24-25-32(36)38-3/h13-15,18,20-23,29-30,34H,4-12,16-17,19,24-25H2,1-3H3/b14-13-,18-15+/t29-,30+/m0/s1. The van der Waals surface area contributed by atoms with Crippen molar-refractivity contribution in [2.45, 2.75) is 113 Å². The van der Waals surface area contributed by atoms with Crippen molar-refractivity contribution in [3.8, 4) is 0 Å². The summed E-state index contributed by atoms with van der Waals surface area (Å²) in [4.78, 5) is 36.0. The topological polar surface area (TPSA) is 89.9 Å². The van der Waals surface area contributed by atoms with Crippen molar-refractivity contribution in [1.29, 1.82) is 0 Å². The molecule has 0 unspecified atom stereocenters. The van der Waals surface area contributed by atoms with E-state index in [4.69, 9.17) is 4.74 Å². The Morgan fingerprint density at radius 2 is 1.44 bits per heavy atom. The van der Waals surface area contributed by atoms with Gasteiger partial charge in [-0.1, -0.05) is 88.3 Å². The van der Waals surface area contributed by atoms with Gasteiger partial charge in [0.05, 0.1) is 32.0 Å². The molecule has 218 valence electrons. The number of hydrogen-bond donors (Lipinski definition) is 1. The van der Waals surface area contributed by atoms with Crippen LogP contribution in [0.4, 0.5) is 0 Å². The molecule has 1 aromatic carbocycles. The molecule has 0 fully saturated rings. The van der Waals surface area contributed by atoms with Crippen LogP contribution in [0.25, 0.3) is 0 Å². The average molecular weight is 561 g/mol. The Balaban J connectivity index is 2.64. The summed E-state index contributed by atoms with van der Waals surface area (Å²) >= 11 is 1.51. The molecule has 0 amide bonds. The van der Waals surface area contributed by atoms with Gasteiger partial charge in [0.25, 0.3) is 0 Å². The van der Waals surface area contributed by atoms with Crippen molar-refractivity contribution in [2.24, 2.45) is 0 Å². The first-order chi connectivity index (χ1) is 18.9. The molecule has 0 aliphatic rings. The van der Waals surface area contributed by atoms with Gasteiger partial charge in [-0.15, -0.1) is 11.8 Å². The Labute approximate surface area is 239 Å². The number of carbonyl (C=O) groups is 3. The zero-order valence-corrected chi connectivity index (χ0v) is 24.9. The first-order valence-corrected chi connectivity index (χ1v) is 15.2. The van der Waals surface area contributed by atoms with Gasteiger partial charge in [-0.05, 0) is 37.8 Å². The highest BCUT2D eigenvalue weighted by Crippen LogP contribution is 2.29. The number of methoxy groups -OCH3 is 2. The number of hydrogen-bond acceptors (Lipinski definition) is 7. The van der Waals surface area contributed by atoms with Crippen molar-refractivity contribution in [1.82, 2.24) is 0 Å². The van der Waals surface area contributed by atoms with Crippen LogP contribution in [-0.4, -0.2) is 48.4 Å². The summed E-state index contributed by atoms with van der Waals surface area (Å²) in [5, 5.41) is 10.7. The lowest BCUT2D eigenvalue weighted by Gasteiger charge is -2.19. The molecular weight excluding hydrogens is 512 g/mol.